The van der Waals surface area contributed by atoms with Gasteiger partial charge in [-0.3, -0.25) is 0 Å². The number of anilines is 1. The molecule has 0 radical (unpaired) electrons. The molecule has 5 nitrogen and oxygen atoms in total. The molecule has 1 unspecified atom stereocenters. The Morgan fingerprint density at radius 1 is 1.44 bits per heavy atom. The summed E-state index contributed by atoms with van der Waals surface area (Å²) < 4.78 is 10.5. The monoisotopic (exact) mass is 225 g/mol. The summed E-state index contributed by atoms with van der Waals surface area (Å²) in [6.45, 7) is 5.01. The highest BCUT2D eigenvalue weighted by molar-refractivity contribution is 5.35. The van der Waals surface area contributed by atoms with Crippen molar-refractivity contribution in [1.29, 1.82) is 0 Å². The van der Waals surface area contributed by atoms with Crippen LogP contribution in [0.25, 0.3) is 0 Å². The Bertz CT molecular complexity index is 331. The molecule has 1 heterocycles. The zero-order valence-electron chi connectivity index (χ0n) is 10.3. The lowest BCUT2D eigenvalue weighted by atomic mass is 10.3. The van der Waals surface area contributed by atoms with Gasteiger partial charge in [-0.15, -0.1) is 0 Å². The second-order valence-corrected chi connectivity index (χ2v) is 3.38. The fraction of sp³-hybridized carbons (Fsp3) is 0.636. The maximum Gasteiger partial charge on any atom is 0.159 e. The summed E-state index contributed by atoms with van der Waals surface area (Å²) in [6.07, 6.45) is -0.103. The van der Waals surface area contributed by atoms with E-state index in [0.29, 0.717) is 19.0 Å². The molecule has 1 N–H and O–H groups in total. The van der Waals surface area contributed by atoms with Crippen molar-refractivity contribution in [2.45, 2.75) is 26.6 Å². The molecule has 0 aromatic carbocycles. The van der Waals surface area contributed by atoms with Gasteiger partial charge in [0.05, 0.1) is 12.3 Å². The highest BCUT2D eigenvalue weighted by atomic mass is 16.5. The summed E-state index contributed by atoms with van der Waals surface area (Å²) in [5.74, 6) is 1.46. The zero-order chi connectivity index (χ0) is 12.0. The first-order valence-corrected chi connectivity index (χ1v) is 5.37. The van der Waals surface area contributed by atoms with Gasteiger partial charge in [0.15, 0.2) is 5.82 Å². The fourth-order valence-electron chi connectivity index (χ4n) is 1.37. The van der Waals surface area contributed by atoms with Crippen LogP contribution in [0.15, 0.2) is 6.07 Å². The van der Waals surface area contributed by atoms with Gasteiger partial charge >= 0.3 is 0 Å². The Hall–Kier alpha value is -1.20. The van der Waals surface area contributed by atoms with Gasteiger partial charge in [0.25, 0.3) is 0 Å². The molecule has 0 aliphatic rings. The van der Waals surface area contributed by atoms with Crippen molar-refractivity contribution in [3.05, 3.63) is 17.6 Å². The summed E-state index contributed by atoms with van der Waals surface area (Å²) in [6, 6.07) is 1.87. The Morgan fingerprint density at radius 2 is 2.19 bits per heavy atom. The van der Waals surface area contributed by atoms with Crippen LogP contribution in [0.3, 0.4) is 0 Å². The number of methoxy groups -OCH3 is 1. The molecule has 90 valence electrons. The molecular weight excluding hydrogens is 206 g/mol. The normalized spacial score (nSPS) is 12.5. The standard InChI is InChI=1S/C11H19N3O2/c1-5-16-8(2)11-13-9(7-15-4)6-10(12-3)14-11/h6,8H,5,7H2,1-4H3,(H,12,13,14). The second kappa shape index (κ2) is 6.40. The maximum absolute atomic E-state index is 5.47. The summed E-state index contributed by atoms with van der Waals surface area (Å²) in [5.41, 5.74) is 0.850. The van der Waals surface area contributed by atoms with Gasteiger partial charge in [0.1, 0.15) is 11.9 Å². The van der Waals surface area contributed by atoms with E-state index in [4.69, 9.17) is 9.47 Å². The van der Waals surface area contributed by atoms with Crippen LogP contribution in [0, 0.1) is 0 Å². The third-order valence-corrected chi connectivity index (χ3v) is 2.13. The number of hydrogen-bond donors (Lipinski definition) is 1. The van der Waals surface area contributed by atoms with Crippen LogP contribution in [0.5, 0.6) is 0 Å². The van der Waals surface area contributed by atoms with E-state index >= 15 is 0 Å². The predicted octanol–water partition coefficient (Wildman–Crippen LogP) is 1.76. The van der Waals surface area contributed by atoms with Gasteiger partial charge in [-0.2, -0.15) is 0 Å². The second-order valence-electron chi connectivity index (χ2n) is 3.38. The van der Waals surface area contributed by atoms with Gasteiger partial charge < -0.3 is 14.8 Å². The van der Waals surface area contributed by atoms with Crippen molar-refractivity contribution in [3.63, 3.8) is 0 Å². The van der Waals surface area contributed by atoms with Gasteiger partial charge in [-0.25, -0.2) is 9.97 Å². The molecule has 0 amide bonds. The molecule has 1 aromatic heterocycles. The van der Waals surface area contributed by atoms with Gasteiger partial charge in [0, 0.05) is 26.8 Å². The zero-order valence-corrected chi connectivity index (χ0v) is 10.3. The number of nitrogens with one attached hydrogen (secondary N) is 1. The minimum Gasteiger partial charge on any atom is -0.378 e. The molecule has 16 heavy (non-hydrogen) atoms. The lowest BCUT2D eigenvalue weighted by Gasteiger charge is -2.12. The minimum absolute atomic E-state index is 0.103. The first-order chi connectivity index (χ1) is 7.71. The fourth-order valence-corrected chi connectivity index (χ4v) is 1.37. The van der Waals surface area contributed by atoms with Crippen LogP contribution in [0.4, 0.5) is 5.82 Å². The van der Waals surface area contributed by atoms with Gasteiger partial charge in [0.2, 0.25) is 0 Å². The highest BCUT2D eigenvalue weighted by Gasteiger charge is 2.11. The third kappa shape index (κ3) is 3.43. The van der Waals surface area contributed by atoms with Crippen LogP contribution in [0.1, 0.15) is 31.5 Å². The summed E-state index contributed by atoms with van der Waals surface area (Å²) in [5, 5.41) is 3.00. The largest absolute Gasteiger partial charge is 0.378 e. The molecule has 0 saturated carbocycles. The van der Waals surface area contributed by atoms with Gasteiger partial charge in [-0.1, -0.05) is 0 Å². The van der Waals surface area contributed by atoms with Crippen molar-refractivity contribution in [2.24, 2.45) is 0 Å². The van der Waals surface area contributed by atoms with Crippen molar-refractivity contribution >= 4 is 5.82 Å². The van der Waals surface area contributed by atoms with Crippen LogP contribution < -0.4 is 5.32 Å². The van der Waals surface area contributed by atoms with E-state index in [9.17, 15) is 0 Å². The van der Waals surface area contributed by atoms with Crippen molar-refractivity contribution in [2.75, 3.05) is 26.1 Å². The van der Waals surface area contributed by atoms with E-state index in [-0.39, 0.29) is 6.10 Å². The topological polar surface area (TPSA) is 56.3 Å². The average Bonchev–Trinajstić information content (AvgIpc) is 2.29. The summed E-state index contributed by atoms with van der Waals surface area (Å²) in [4.78, 5) is 8.74. The molecule has 0 fully saturated rings. The first kappa shape index (κ1) is 12.9. The Labute approximate surface area is 96.2 Å². The average molecular weight is 225 g/mol. The SMILES string of the molecule is CCOC(C)c1nc(COC)cc(NC)n1. The quantitative estimate of drug-likeness (QED) is 0.799. The Kier molecular flexibility index (Phi) is 5.14. The van der Waals surface area contributed by atoms with Crippen molar-refractivity contribution in [3.8, 4) is 0 Å². The van der Waals surface area contributed by atoms with Crippen LogP contribution in [-0.2, 0) is 16.1 Å². The Balaban J connectivity index is 2.93. The molecule has 0 aliphatic heterocycles. The van der Waals surface area contributed by atoms with E-state index in [1.165, 1.54) is 0 Å². The number of rotatable bonds is 6. The Morgan fingerprint density at radius 3 is 2.75 bits per heavy atom. The first-order valence-electron chi connectivity index (χ1n) is 5.37. The number of ether oxygens (including phenoxy) is 2. The number of hydrogen-bond acceptors (Lipinski definition) is 5. The lowest BCUT2D eigenvalue weighted by Crippen LogP contribution is -2.09. The van der Waals surface area contributed by atoms with E-state index in [1.807, 2.05) is 27.0 Å². The van der Waals surface area contributed by atoms with Crippen LogP contribution in [-0.4, -0.2) is 30.7 Å². The van der Waals surface area contributed by atoms with E-state index in [0.717, 1.165) is 11.5 Å². The van der Waals surface area contributed by atoms with Crippen molar-refractivity contribution in [1.82, 2.24) is 9.97 Å². The number of nitrogens with zero attached hydrogens (tertiary/aromatic N) is 2. The summed E-state index contributed by atoms with van der Waals surface area (Å²) in [7, 11) is 3.47. The highest BCUT2D eigenvalue weighted by Crippen LogP contribution is 2.15. The molecule has 1 atom stereocenters. The molecule has 0 bridgehead atoms. The van der Waals surface area contributed by atoms with Crippen molar-refractivity contribution < 1.29 is 9.47 Å². The van der Waals surface area contributed by atoms with Crippen LogP contribution >= 0.6 is 0 Å². The molecule has 0 aliphatic carbocycles. The summed E-state index contributed by atoms with van der Waals surface area (Å²) >= 11 is 0. The molecular formula is C11H19N3O2. The van der Waals surface area contributed by atoms with Crippen LogP contribution in [0.2, 0.25) is 0 Å². The minimum atomic E-state index is -0.103. The smallest absolute Gasteiger partial charge is 0.159 e. The third-order valence-electron chi connectivity index (χ3n) is 2.13. The molecule has 1 aromatic rings. The number of aromatic nitrogens is 2. The molecule has 5 heteroatoms. The molecule has 1 rings (SSSR count). The molecule has 0 spiro atoms. The maximum atomic E-state index is 5.47. The van der Waals surface area contributed by atoms with Gasteiger partial charge in [-0.05, 0) is 13.8 Å². The predicted molar refractivity (Wildman–Crippen MR) is 62.3 cm³/mol. The lowest BCUT2D eigenvalue weighted by molar-refractivity contribution is 0.0695. The van der Waals surface area contributed by atoms with E-state index in [2.05, 4.69) is 15.3 Å². The van der Waals surface area contributed by atoms with E-state index in [1.54, 1.807) is 7.11 Å². The molecule has 0 saturated heterocycles. The van der Waals surface area contributed by atoms with E-state index < -0.39 is 0 Å².